The summed E-state index contributed by atoms with van der Waals surface area (Å²) in [6, 6.07) is 4.83. The molecule has 1 amide bonds. The van der Waals surface area contributed by atoms with Gasteiger partial charge in [0.15, 0.2) is 17.1 Å². The summed E-state index contributed by atoms with van der Waals surface area (Å²) in [4.78, 5) is 34.8. The number of nitrogens with two attached hydrogens (primary N) is 1. The fourth-order valence-corrected chi connectivity index (χ4v) is 2.53. The molecule has 0 aliphatic heterocycles. The van der Waals surface area contributed by atoms with Crippen LogP contribution < -0.4 is 16.1 Å². The van der Waals surface area contributed by atoms with Gasteiger partial charge in [-0.05, 0) is 25.1 Å². The summed E-state index contributed by atoms with van der Waals surface area (Å²) in [5, 5.41) is 26.7. The summed E-state index contributed by atoms with van der Waals surface area (Å²) < 4.78 is 27.0. The topological polar surface area (TPSA) is 177 Å². The van der Waals surface area contributed by atoms with Crippen LogP contribution in [-0.2, 0) is 10.0 Å². The first-order valence-corrected chi connectivity index (χ1v) is 8.11. The summed E-state index contributed by atoms with van der Waals surface area (Å²) in [7, 11) is -4.02. The number of ketones is 1. The maximum atomic E-state index is 12.2. The molecule has 11 heteroatoms. The monoisotopic (exact) mass is 368 g/mol. The first-order chi connectivity index (χ1) is 11.5. The lowest BCUT2D eigenvalue weighted by molar-refractivity contribution is 0.100. The number of primary sulfonamides is 1. The molecule has 0 aliphatic rings. The van der Waals surface area contributed by atoms with Gasteiger partial charge in [0, 0.05) is 5.69 Å². The fraction of sp³-hybridized carbons (Fsp3) is 0.0714. The molecule has 0 spiro atoms. The van der Waals surface area contributed by atoms with Crippen molar-refractivity contribution in [2.45, 2.75) is 11.8 Å². The third kappa shape index (κ3) is 3.67. The summed E-state index contributed by atoms with van der Waals surface area (Å²) in [5.74, 6) is -4.28. The number of anilines is 1. The number of sulfonamides is 1. The Balaban J connectivity index is 2.48. The number of aromatic hydroxyl groups is 2. The van der Waals surface area contributed by atoms with Gasteiger partial charge in [-0.3, -0.25) is 9.59 Å². The van der Waals surface area contributed by atoms with Crippen molar-refractivity contribution in [3.63, 3.8) is 0 Å². The van der Waals surface area contributed by atoms with E-state index in [0.717, 1.165) is 13.0 Å². The van der Waals surface area contributed by atoms with E-state index in [1.54, 1.807) is 0 Å². The molecule has 0 bridgehead atoms. The van der Waals surface area contributed by atoms with Gasteiger partial charge < -0.3 is 19.9 Å². The van der Waals surface area contributed by atoms with Crippen LogP contribution in [-0.4, -0.2) is 30.3 Å². The molecule has 5 N–H and O–H groups in total. The third-order valence-electron chi connectivity index (χ3n) is 3.08. The molecule has 10 nitrogen and oxygen atoms in total. The lowest BCUT2D eigenvalue weighted by atomic mass is 10.1. The zero-order valence-electron chi connectivity index (χ0n) is 12.6. The summed E-state index contributed by atoms with van der Waals surface area (Å²) in [5.41, 5.74) is -3.01. The van der Waals surface area contributed by atoms with Crippen molar-refractivity contribution in [1.82, 2.24) is 0 Å². The van der Waals surface area contributed by atoms with Crippen molar-refractivity contribution >= 4 is 27.4 Å². The number of hydrogen-bond donors (Lipinski definition) is 4. The molecule has 2 aromatic rings. The average molecular weight is 368 g/mol. The largest absolute Gasteiger partial charge is 0.506 e. The molecule has 1 heterocycles. The minimum Gasteiger partial charge on any atom is -0.506 e. The van der Waals surface area contributed by atoms with Crippen molar-refractivity contribution in [2.24, 2.45) is 5.14 Å². The quantitative estimate of drug-likeness (QED) is 0.551. The summed E-state index contributed by atoms with van der Waals surface area (Å²) in [6.07, 6.45) is 0. The second kappa shape index (κ2) is 6.37. The van der Waals surface area contributed by atoms with E-state index in [2.05, 4.69) is 9.73 Å². The van der Waals surface area contributed by atoms with Crippen LogP contribution in [0.5, 0.6) is 11.7 Å². The van der Waals surface area contributed by atoms with Crippen LogP contribution in [0.3, 0.4) is 0 Å². The van der Waals surface area contributed by atoms with Crippen LogP contribution in [0.15, 0.2) is 38.4 Å². The highest BCUT2D eigenvalue weighted by Gasteiger charge is 2.27. The van der Waals surface area contributed by atoms with Gasteiger partial charge in [-0.2, -0.15) is 0 Å². The van der Waals surface area contributed by atoms with Crippen molar-refractivity contribution in [2.75, 3.05) is 5.32 Å². The molecule has 0 radical (unpaired) electrons. The van der Waals surface area contributed by atoms with Gasteiger partial charge in [-0.25, -0.2) is 18.4 Å². The lowest BCUT2D eigenvalue weighted by Crippen LogP contribution is -2.19. The van der Waals surface area contributed by atoms with Gasteiger partial charge in [0.2, 0.25) is 10.0 Å². The number of nitrogens with one attached hydrogen (secondary N) is 1. The van der Waals surface area contributed by atoms with E-state index in [1.165, 1.54) is 18.2 Å². The fourth-order valence-electron chi connectivity index (χ4n) is 1.97. The van der Waals surface area contributed by atoms with Crippen molar-refractivity contribution in [3.05, 3.63) is 45.8 Å². The number of carbonyl (C=O) groups excluding carboxylic acids is 2. The zero-order valence-corrected chi connectivity index (χ0v) is 13.5. The Labute approximate surface area is 140 Å². The van der Waals surface area contributed by atoms with Gasteiger partial charge in [0.25, 0.3) is 5.91 Å². The van der Waals surface area contributed by atoms with Gasteiger partial charge in [0.05, 0.1) is 4.90 Å². The Morgan fingerprint density at radius 1 is 1.20 bits per heavy atom. The number of hydrogen-bond acceptors (Lipinski definition) is 8. The van der Waals surface area contributed by atoms with Crippen LogP contribution in [0.4, 0.5) is 5.69 Å². The third-order valence-corrected chi connectivity index (χ3v) is 3.99. The van der Waals surface area contributed by atoms with E-state index in [-0.39, 0.29) is 10.6 Å². The number of benzene rings is 1. The van der Waals surface area contributed by atoms with E-state index in [1.807, 2.05) is 0 Å². The summed E-state index contributed by atoms with van der Waals surface area (Å²) >= 11 is 0. The molecule has 25 heavy (non-hydrogen) atoms. The second-order valence-corrected chi connectivity index (χ2v) is 6.44. The molecule has 1 aromatic carbocycles. The van der Waals surface area contributed by atoms with Crippen molar-refractivity contribution in [3.8, 4) is 11.7 Å². The van der Waals surface area contributed by atoms with Crippen LogP contribution >= 0.6 is 0 Å². The van der Waals surface area contributed by atoms with Crippen LogP contribution in [0.25, 0.3) is 0 Å². The van der Waals surface area contributed by atoms with Crippen LogP contribution in [0.2, 0.25) is 0 Å². The Bertz CT molecular complexity index is 1040. The maximum Gasteiger partial charge on any atom is 0.353 e. The molecular formula is C14H12N2O8S. The molecule has 0 saturated carbocycles. The van der Waals surface area contributed by atoms with E-state index in [4.69, 9.17) is 5.14 Å². The molecule has 0 unspecified atom stereocenters. The predicted octanol–water partition coefficient (Wildman–Crippen LogP) is 0.153. The van der Waals surface area contributed by atoms with E-state index >= 15 is 0 Å². The van der Waals surface area contributed by atoms with Gasteiger partial charge in [-0.1, -0.05) is 6.07 Å². The summed E-state index contributed by atoms with van der Waals surface area (Å²) in [6.45, 7) is 0.959. The van der Waals surface area contributed by atoms with Crippen molar-refractivity contribution in [1.29, 1.82) is 0 Å². The van der Waals surface area contributed by atoms with Crippen molar-refractivity contribution < 1.29 is 32.6 Å². The van der Waals surface area contributed by atoms with E-state index in [0.29, 0.717) is 0 Å². The maximum absolute atomic E-state index is 12.2. The highest BCUT2D eigenvalue weighted by molar-refractivity contribution is 7.89. The minimum atomic E-state index is -4.02. The Morgan fingerprint density at radius 2 is 1.84 bits per heavy atom. The molecule has 0 aliphatic carbocycles. The highest BCUT2D eigenvalue weighted by Crippen LogP contribution is 2.29. The number of amides is 1. The number of Topliss-reactive ketones (excluding diaryl/α,β-unsaturated/α-hetero) is 1. The number of carbonyl (C=O) groups is 2. The molecule has 0 fully saturated rings. The van der Waals surface area contributed by atoms with Gasteiger partial charge >= 0.3 is 11.6 Å². The smallest absolute Gasteiger partial charge is 0.353 e. The first kappa shape index (κ1) is 18.2. The molecule has 0 atom stereocenters. The predicted molar refractivity (Wildman–Crippen MR) is 84.1 cm³/mol. The highest BCUT2D eigenvalue weighted by atomic mass is 32.2. The normalized spacial score (nSPS) is 11.1. The van der Waals surface area contributed by atoms with Crippen LogP contribution in [0.1, 0.15) is 27.6 Å². The van der Waals surface area contributed by atoms with Gasteiger partial charge in [-0.15, -0.1) is 0 Å². The lowest BCUT2D eigenvalue weighted by Gasteiger charge is -2.10. The van der Waals surface area contributed by atoms with Gasteiger partial charge in [0.1, 0.15) is 5.56 Å². The van der Waals surface area contributed by atoms with E-state index in [9.17, 15) is 33.0 Å². The second-order valence-electron chi connectivity index (χ2n) is 4.88. The van der Waals surface area contributed by atoms with E-state index < -0.39 is 50.2 Å². The SMILES string of the molecule is CC(=O)c1c(O)c(C(=O)Nc2cccc(S(N)(=O)=O)c2)c(O)oc1=O. The minimum absolute atomic E-state index is 0.0362. The Morgan fingerprint density at radius 3 is 2.40 bits per heavy atom. The number of rotatable bonds is 4. The average Bonchev–Trinajstić information content (AvgIpc) is 2.45. The molecule has 0 saturated heterocycles. The van der Waals surface area contributed by atoms with Crippen LogP contribution in [0, 0.1) is 0 Å². The standard InChI is InChI=1S/C14H12N2O8S/c1-6(17)9-11(18)10(14(21)24-13(9)20)12(19)16-7-3-2-4-8(5-7)25(15,22)23/h2-5,18,21H,1H3,(H,16,19)(H2,15,22,23). The molecule has 1 aromatic heterocycles. The molecule has 2 rings (SSSR count). The Kier molecular flexibility index (Phi) is 4.63. The molecule has 132 valence electrons. The first-order valence-electron chi connectivity index (χ1n) is 6.56. The zero-order chi connectivity index (χ0) is 18.9. The Hall–Kier alpha value is -3.18. The molecular weight excluding hydrogens is 356 g/mol.